The number of pyridine rings is 1. The number of benzene rings is 1. The SMILES string of the molecule is CN(CCCOc1cccc(C#N)c1)Cc1ccncc1. The Morgan fingerprint density at radius 1 is 1.24 bits per heavy atom. The molecule has 0 amide bonds. The van der Waals surface area contributed by atoms with Crippen LogP contribution in [0.5, 0.6) is 5.75 Å². The van der Waals surface area contributed by atoms with Crippen molar-refractivity contribution in [1.29, 1.82) is 5.26 Å². The molecule has 0 bridgehead atoms. The van der Waals surface area contributed by atoms with E-state index < -0.39 is 0 Å². The average molecular weight is 281 g/mol. The molecular formula is C17H19N3O. The molecule has 0 aliphatic rings. The maximum atomic E-state index is 8.83. The number of nitrogens with zero attached hydrogens (tertiary/aromatic N) is 3. The van der Waals surface area contributed by atoms with Crippen LogP contribution in [0.15, 0.2) is 48.8 Å². The molecule has 0 fully saturated rings. The summed E-state index contributed by atoms with van der Waals surface area (Å²) in [5, 5.41) is 8.83. The molecule has 2 aromatic rings. The van der Waals surface area contributed by atoms with E-state index in [2.05, 4.69) is 23.0 Å². The van der Waals surface area contributed by atoms with E-state index in [1.165, 1.54) is 5.56 Å². The van der Waals surface area contributed by atoms with Gasteiger partial charge in [0.2, 0.25) is 0 Å². The Bertz CT molecular complexity index is 592. The number of rotatable bonds is 7. The smallest absolute Gasteiger partial charge is 0.120 e. The van der Waals surface area contributed by atoms with Crippen LogP contribution in [0.4, 0.5) is 0 Å². The molecule has 0 saturated carbocycles. The lowest BCUT2D eigenvalue weighted by atomic mass is 10.2. The predicted octanol–water partition coefficient (Wildman–Crippen LogP) is 2.85. The third-order valence-electron chi connectivity index (χ3n) is 3.12. The Labute approximate surface area is 125 Å². The standard InChI is InChI=1S/C17H19N3O/c1-20(14-15-6-8-19-9-7-15)10-3-11-21-17-5-2-4-16(12-17)13-18/h2,4-9,12H,3,10-11,14H2,1H3. The second-order valence-corrected chi connectivity index (χ2v) is 4.93. The van der Waals surface area contributed by atoms with E-state index in [1.807, 2.05) is 36.7 Å². The Hall–Kier alpha value is -2.38. The maximum Gasteiger partial charge on any atom is 0.120 e. The van der Waals surface area contributed by atoms with Crippen molar-refractivity contribution in [3.8, 4) is 11.8 Å². The minimum Gasteiger partial charge on any atom is -0.494 e. The molecule has 1 aromatic carbocycles. The van der Waals surface area contributed by atoms with Gasteiger partial charge in [0.25, 0.3) is 0 Å². The van der Waals surface area contributed by atoms with Gasteiger partial charge < -0.3 is 9.64 Å². The van der Waals surface area contributed by atoms with E-state index in [0.29, 0.717) is 12.2 Å². The highest BCUT2D eigenvalue weighted by Crippen LogP contribution is 2.12. The van der Waals surface area contributed by atoms with Crippen molar-refractivity contribution in [2.45, 2.75) is 13.0 Å². The van der Waals surface area contributed by atoms with Crippen molar-refractivity contribution in [2.75, 3.05) is 20.2 Å². The molecule has 0 aliphatic heterocycles. The van der Waals surface area contributed by atoms with E-state index in [1.54, 1.807) is 12.1 Å². The van der Waals surface area contributed by atoms with Gasteiger partial charge in [0, 0.05) is 25.5 Å². The van der Waals surface area contributed by atoms with Crippen LogP contribution in [0.2, 0.25) is 0 Å². The van der Waals surface area contributed by atoms with Crippen LogP contribution < -0.4 is 4.74 Å². The number of aromatic nitrogens is 1. The van der Waals surface area contributed by atoms with Crippen LogP contribution in [0, 0.1) is 11.3 Å². The number of hydrogen-bond acceptors (Lipinski definition) is 4. The normalized spacial score (nSPS) is 10.3. The summed E-state index contributed by atoms with van der Waals surface area (Å²) in [5.41, 5.74) is 1.89. The first kappa shape index (κ1) is 15.0. The zero-order valence-electron chi connectivity index (χ0n) is 12.2. The second-order valence-electron chi connectivity index (χ2n) is 4.93. The largest absolute Gasteiger partial charge is 0.494 e. The van der Waals surface area contributed by atoms with E-state index in [0.717, 1.165) is 25.3 Å². The van der Waals surface area contributed by atoms with Crippen molar-refractivity contribution in [3.63, 3.8) is 0 Å². The first-order valence-corrected chi connectivity index (χ1v) is 6.98. The fourth-order valence-electron chi connectivity index (χ4n) is 2.06. The van der Waals surface area contributed by atoms with E-state index in [9.17, 15) is 0 Å². The van der Waals surface area contributed by atoms with Crippen LogP contribution in [0.3, 0.4) is 0 Å². The molecule has 21 heavy (non-hydrogen) atoms. The second kappa shape index (κ2) is 8.03. The summed E-state index contributed by atoms with van der Waals surface area (Å²) in [7, 11) is 2.09. The van der Waals surface area contributed by atoms with Gasteiger partial charge in [-0.05, 0) is 49.4 Å². The molecule has 0 aliphatic carbocycles. The highest BCUT2D eigenvalue weighted by molar-refractivity contribution is 5.36. The van der Waals surface area contributed by atoms with Gasteiger partial charge in [-0.15, -0.1) is 0 Å². The first-order valence-electron chi connectivity index (χ1n) is 6.98. The minimum atomic E-state index is 0.627. The van der Waals surface area contributed by atoms with E-state index in [4.69, 9.17) is 10.00 Å². The highest BCUT2D eigenvalue weighted by Gasteiger charge is 2.01. The first-order chi connectivity index (χ1) is 10.3. The quantitative estimate of drug-likeness (QED) is 0.732. The Morgan fingerprint density at radius 3 is 2.81 bits per heavy atom. The molecule has 108 valence electrons. The molecule has 1 aromatic heterocycles. The van der Waals surface area contributed by atoms with Crippen molar-refractivity contribution < 1.29 is 4.74 Å². The molecular weight excluding hydrogens is 262 g/mol. The summed E-state index contributed by atoms with van der Waals surface area (Å²) >= 11 is 0. The molecule has 0 unspecified atom stereocenters. The highest BCUT2D eigenvalue weighted by atomic mass is 16.5. The van der Waals surface area contributed by atoms with Crippen LogP contribution in [-0.4, -0.2) is 30.1 Å². The van der Waals surface area contributed by atoms with Gasteiger partial charge in [0.05, 0.1) is 18.2 Å². The molecule has 0 radical (unpaired) electrons. The van der Waals surface area contributed by atoms with Crippen LogP contribution >= 0.6 is 0 Å². The summed E-state index contributed by atoms with van der Waals surface area (Å²) in [6.07, 6.45) is 4.57. The fourth-order valence-corrected chi connectivity index (χ4v) is 2.06. The predicted molar refractivity (Wildman–Crippen MR) is 81.8 cm³/mol. The lowest BCUT2D eigenvalue weighted by Crippen LogP contribution is -2.20. The van der Waals surface area contributed by atoms with Gasteiger partial charge in [-0.2, -0.15) is 5.26 Å². The molecule has 0 atom stereocenters. The molecule has 0 spiro atoms. The lowest BCUT2D eigenvalue weighted by Gasteiger charge is -2.16. The van der Waals surface area contributed by atoms with Gasteiger partial charge in [-0.25, -0.2) is 0 Å². The van der Waals surface area contributed by atoms with Crippen LogP contribution in [0.1, 0.15) is 17.5 Å². The summed E-state index contributed by atoms with van der Waals surface area (Å²) in [6, 6.07) is 13.4. The summed E-state index contributed by atoms with van der Waals surface area (Å²) in [5.74, 6) is 0.755. The summed E-state index contributed by atoms with van der Waals surface area (Å²) in [4.78, 5) is 6.27. The van der Waals surface area contributed by atoms with Gasteiger partial charge in [-0.3, -0.25) is 4.98 Å². The maximum absolute atomic E-state index is 8.83. The van der Waals surface area contributed by atoms with Gasteiger partial charge in [0.15, 0.2) is 0 Å². The van der Waals surface area contributed by atoms with E-state index >= 15 is 0 Å². The summed E-state index contributed by atoms with van der Waals surface area (Å²) < 4.78 is 5.66. The summed E-state index contributed by atoms with van der Waals surface area (Å²) in [6.45, 7) is 2.52. The van der Waals surface area contributed by atoms with Gasteiger partial charge >= 0.3 is 0 Å². The van der Waals surface area contributed by atoms with Crippen molar-refractivity contribution in [3.05, 3.63) is 59.9 Å². The van der Waals surface area contributed by atoms with E-state index in [-0.39, 0.29) is 0 Å². The fraction of sp³-hybridized carbons (Fsp3) is 0.294. The number of hydrogen-bond donors (Lipinski definition) is 0. The minimum absolute atomic E-state index is 0.627. The molecule has 0 N–H and O–H groups in total. The molecule has 2 rings (SSSR count). The van der Waals surface area contributed by atoms with Crippen molar-refractivity contribution >= 4 is 0 Å². The van der Waals surface area contributed by atoms with Crippen LogP contribution in [0.25, 0.3) is 0 Å². The number of ether oxygens (including phenoxy) is 1. The molecule has 0 saturated heterocycles. The topological polar surface area (TPSA) is 49.1 Å². The van der Waals surface area contributed by atoms with Gasteiger partial charge in [0.1, 0.15) is 5.75 Å². The zero-order valence-corrected chi connectivity index (χ0v) is 12.2. The number of nitriles is 1. The Morgan fingerprint density at radius 2 is 2.05 bits per heavy atom. The third kappa shape index (κ3) is 5.25. The third-order valence-corrected chi connectivity index (χ3v) is 3.12. The Kier molecular flexibility index (Phi) is 5.74. The van der Waals surface area contributed by atoms with Crippen molar-refractivity contribution in [1.82, 2.24) is 9.88 Å². The molecule has 4 nitrogen and oxygen atoms in total. The molecule has 1 heterocycles. The Balaban J connectivity index is 1.68. The average Bonchev–Trinajstić information content (AvgIpc) is 2.53. The van der Waals surface area contributed by atoms with Gasteiger partial charge in [-0.1, -0.05) is 6.07 Å². The lowest BCUT2D eigenvalue weighted by molar-refractivity contribution is 0.258. The monoisotopic (exact) mass is 281 g/mol. The zero-order chi connectivity index (χ0) is 14.9. The van der Waals surface area contributed by atoms with Crippen molar-refractivity contribution in [2.24, 2.45) is 0 Å². The molecule has 4 heteroatoms. The van der Waals surface area contributed by atoms with Crippen LogP contribution in [-0.2, 0) is 6.54 Å².